The van der Waals surface area contributed by atoms with E-state index < -0.39 is 0 Å². The third-order valence-corrected chi connectivity index (χ3v) is 2.36. The predicted octanol–water partition coefficient (Wildman–Crippen LogP) is 2.67. The number of oxime groups is 1. The zero-order chi connectivity index (χ0) is 11.4. The molecule has 2 rings (SSSR count). The van der Waals surface area contributed by atoms with Crippen LogP contribution in [0, 0.1) is 0 Å². The largest absolute Gasteiger partial charge is 0.454 e. The van der Waals surface area contributed by atoms with Crippen molar-refractivity contribution in [3.05, 3.63) is 29.8 Å². The first-order valence-electron chi connectivity index (χ1n) is 5.12. The fourth-order valence-corrected chi connectivity index (χ4v) is 1.43. The summed E-state index contributed by atoms with van der Waals surface area (Å²) in [7, 11) is 0. The van der Waals surface area contributed by atoms with E-state index in [0.29, 0.717) is 12.1 Å². The molecule has 0 amide bonds. The van der Waals surface area contributed by atoms with Gasteiger partial charge in [-0.25, -0.2) is 0 Å². The molecular formula is C12H13NO3. The Hall–Kier alpha value is -1.97. The van der Waals surface area contributed by atoms with Crippen LogP contribution in [-0.4, -0.2) is 17.7 Å². The van der Waals surface area contributed by atoms with Gasteiger partial charge in [-0.1, -0.05) is 24.2 Å². The van der Waals surface area contributed by atoms with Crippen LogP contribution in [0.15, 0.2) is 29.4 Å². The van der Waals surface area contributed by atoms with Crippen molar-refractivity contribution in [1.29, 1.82) is 0 Å². The molecule has 0 aromatic heterocycles. The molecule has 84 valence electrons. The third kappa shape index (κ3) is 2.16. The standard InChI is InChI=1S/C12H13NO3/c1-2-10(13-14)5-3-9-4-6-11-12(7-9)16-8-15-11/h3-7,14H,2,8H2,1H3/b5-3+,13-10-. The Balaban J connectivity index is 2.16. The SMILES string of the molecule is CCC(/C=C/c1ccc2c(c1)OCO2)=N/O. The number of nitrogens with zero attached hydrogens (tertiary/aromatic N) is 1. The second kappa shape index (κ2) is 4.70. The maximum atomic E-state index is 8.65. The van der Waals surface area contributed by atoms with Crippen molar-refractivity contribution in [1.82, 2.24) is 0 Å². The van der Waals surface area contributed by atoms with Crippen LogP contribution in [0.3, 0.4) is 0 Å². The number of hydrogen-bond donors (Lipinski definition) is 1. The van der Waals surface area contributed by atoms with Crippen molar-refractivity contribution in [2.75, 3.05) is 6.79 Å². The lowest BCUT2D eigenvalue weighted by Gasteiger charge is -1.97. The molecule has 4 nitrogen and oxygen atoms in total. The Morgan fingerprint density at radius 2 is 2.25 bits per heavy atom. The van der Waals surface area contributed by atoms with Crippen LogP contribution in [-0.2, 0) is 0 Å². The van der Waals surface area contributed by atoms with E-state index in [9.17, 15) is 0 Å². The molecule has 0 spiro atoms. The van der Waals surface area contributed by atoms with Gasteiger partial charge in [0, 0.05) is 0 Å². The van der Waals surface area contributed by atoms with Gasteiger partial charge in [-0.3, -0.25) is 0 Å². The van der Waals surface area contributed by atoms with Crippen molar-refractivity contribution in [3.63, 3.8) is 0 Å². The molecule has 0 atom stereocenters. The quantitative estimate of drug-likeness (QED) is 0.483. The zero-order valence-electron chi connectivity index (χ0n) is 9.01. The first-order chi connectivity index (χ1) is 7.83. The molecule has 1 N–H and O–H groups in total. The van der Waals surface area contributed by atoms with Crippen LogP contribution in [0.1, 0.15) is 18.9 Å². The molecule has 0 fully saturated rings. The van der Waals surface area contributed by atoms with E-state index in [1.54, 1.807) is 6.08 Å². The second-order valence-electron chi connectivity index (χ2n) is 3.39. The van der Waals surface area contributed by atoms with Gasteiger partial charge in [0.25, 0.3) is 0 Å². The highest BCUT2D eigenvalue weighted by atomic mass is 16.7. The van der Waals surface area contributed by atoms with E-state index in [1.165, 1.54) is 0 Å². The Labute approximate surface area is 93.8 Å². The van der Waals surface area contributed by atoms with Gasteiger partial charge in [-0.2, -0.15) is 0 Å². The highest BCUT2D eigenvalue weighted by Gasteiger charge is 2.12. The Bertz CT molecular complexity index is 438. The highest BCUT2D eigenvalue weighted by molar-refractivity contribution is 5.97. The summed E-state index contributed by atoms with van der Waals surface area (Å²) in [4.78, 5) is 0. The van der Waals surface area contributed by atoms with Crippen molar-refractivity contribution >= 4 is 11.8 Å². The van der Waals surface area contributed by atoms with E-state index in [-0.39, 0.29) is 6.79 Å². The predicted molar refractivity (Wildman–Crippen MR) is 61.1 cm³/mol. The fraction of sp³-hybridized carbons (Fsp3) is 0.250. The zero-order valence-corrected chi connectivity index (χ0v) is 9.01. The van der Waals surface area contributed by atoms with Gasteiger partial charge in [0.05, 0.1) is 5.71 Å². The molecule has 0 unspecified atom stereocenters. The van der Waals surface area contributed by atoms with Crippen molar-refractivity contribution in [2.24, 2.45) is 5.16 Å². The summed E-state index contributed by atoms with van der Waals surface area (Å²) in [6, 6.07) is 5.68. The Morgan fingerprint density at radius 3 is 3.00 bits per heavy atom. The molecule has 16 heavy (non-hydrogen) atoms. The van der Waals surface area contributed by atoms with Gasteiger partial charge in [0.1, 0.15) is 0 Å². The lowest BCUT2D eigenvalue weighted by atomic mass is 10.1. The van der Waals surface area contributed by atoms with Gasteiger partial charge in [0.2, 0.25) is 6.79 Å². The normalized spacial score (nSPS) is 14.7. The highest BCUT2D eigenvalue weighted by Crippen LogP contribution is 2.32. The van der Waals surface area contributed by atoms with Crippen molar-refractivity contribution in [3.8, 4) is 11.5 Å². The van der Waals surface area contributed by atoms with E-state index in [2.05, 4.69) is 5.16 Å². The molecule has 1 aromatic carbocycles. The van der Waals surface area contributed by atoms with Crippen molar-refractivity contribution in [2.45, 2.75) is 13.3 Å². The number of allylic oxidation sites excluding steroid dienone is 1. The van der Waals surface area contributed by atoms with Crippen LogP contribution in [0.5, 0.6) is 11.5 Å². The van der Waals surface area contributed by atoms with Crippen LogP contribution in [0.4, 0.5) is 0 Å². The molecule has 1 heterocycles. The minimum atomic E-state index is 0.279. The number of benzene rings is 1. The molecule has 0 saturated carbocycles. The molecule has 4 heteroatoms. The first kappa shape index (κ1) is 10.5. The minimum Gasteiger partial charge on any atom is -0.454 e. The summed E-state index contributed by atoms with van der Waals surface area (Å²) in [5.74, 6) is 1.52. The maximum Gasteiger partial charge on any atom is 0.231 e. The van der Waals surface area contributed by atoms with Gasteiger partial charge in [0.15, 0.2) is 11.5 Å². The first-order valence-corrected chi connectivity index (χ1v) is 5.12. The topological polar surface area (TPSA) is 51.0 Å². The number of fused-ring (bicyclic) bond motifs is 1. The van der Waals surface area contributed by atoms with Crippen LogP contribution in [0.2, 0.25) is 0 Å². The molecule has 1 aliphatic rings. The average Bonchev–Trinajstić information content (AvgIpc) is 2.77. The number of rotatable bonds is 3. The van der Waals surface area contributed by atoms with E-state index in [4.69, 9.17) is 14.7 Å². The van der Waals surface area contributed by atoms with E-state index in [0.717, 1.165) is 17.1 Å². The van der Waals surface area contributed by atoms with Gasteiger partial charge in [-0.15, -0.1) is 0 Å². The van der Waals surface area contributed by atoms with E-state index in [1.807, 2.05) is 31.2 Å². The summed E-state index contributed by atoms with van der Waals surface area (Å²) in [6.45, 7) is 2.21. The molecule has 1 aromatic rings. The lowest BCUT2D eigenvalue weighted by Crippen LogP contribution is -1.92. The summed E-state index contributed by atoms with van der Waals surface area (Å²) in [6.07, 6.45) is 4.34. The van der Waals surface area contributed by atoms with Crippen LogP contribution in [0.25, 0.3) is 6.08 Å². The smallest absolute Gasteiger partial charge is 0.231 e. The number of hydrogen-bond acceptors (Lipinski definition) is 4. The maximum absolute atomic E-state index is 8.65. The van der Waals surface area contributed by atoms with Crippen molar-refractivity contribution < 1.29 is 14.7 Å². The number of ether oxygens (including phenoxy) is 2. The minimum absolute atomic E-state index is 0.279. The molecule has 0 bridgehead atoms. The summed E-state index contributed by atoms with van der Waals surface area (Å²) >= 11 is 0. The molecule has 0 aliphatic carbocycles. The molecule has 1 aliphatic heterocycles. The Morgan fingerprint density at radius 1 is 1.44 bits per heavy atom. The summed E-state index contributed by atoms with van der Waals surface area (Å²) in [5, 5.41) is 11.8. The van der Waals surface area contributed by atoms with Crippen LogP contribution < -0.4 is 9.47 Å². The molecule has 0 saturated heterocycles. The Kier molecular flexibility index (Phi) is 3.10. The summed E-state index contributed by atoms with van der Waals surface area (Å²) < 4.78 is 10.5. The second-order valence-corrected chi connectivity index (χ2v) is 3.39. The van der Waals surface area contributed by atoms with Gasteiger partial charge in [-0.05, 0) is 30.2 Å². The van der Waals surface area contributed by atoms with Gasteiger partial charge < -0.3 is 14.7 Å². The monoisotopic (exact) mass is 219 g/mol. The van der Waals surface area contributed by atoms with E-state index >= 15 is 0 Å². The average molecular weight is 219 g/mol. The fourth-order valence-electron chi connectivity index (χ4n) is 1.43. The third-order valence-electron chi connectivity index (χ3n) is 2.36. The lowest BCUT2D eigenvalue weighted by molar-refractivity contribution is 0.174. The van der Waals surface area contributed by atoms with Crippen LogP contribution >= 0.6 is 0 Å². The molecular weight excluding hydrogens is 206 g/mol. The van der Waals surface area contributed by atoms with Gasteiger partial charge >= 0.3 is 0 Å². The molecule has 0 radical (unpaired) electrons. The summed E-state index contributed by atoms with van der Waals surface area (Å²) in [5.41, 5.74) is 1.62.